The summed E-state index contributed by atoms with van der Waals surface area (Å²) >= 11 is 0. The van der Waals surface area contributed by atoms with E-state index in [1.807, 2.05) is 42.5 Å². The van der Waals surface area contributed by atoms with Gasteiger partial charge in [-0.3, -0.25) is 4.90 Å². The van der Waals surface area contributed by atoms with Gasteiger partial charge in [0.05, 0.1) is 7.11 Å². The molecule has 6 heteroatoms. The van der Waals surface area contributed by atoms with Gasteiger partial charge in [0.15, 0.2) is 0 Å². The Morgan fingerprint density at radius 1 is 0.941 bits per heavy atom. The van der Waals surface area contributed by atoms with Crippen LogP contribution in [0.1, 0.15) is 5.56 Å². The number of nitrogens with one attached hydrogen (secondary N) is 2. The number of ether oxygens (including phenoxy) is 1. The normalized spacial score (nSPS) is 19.0. The van der Waals surface area contributed by atoms with E-state index in [0.717, 1.165) is 44.2 Å². The number of amides is 2. The highest BCUT2D eigenvalue weighted by Crippen LogP contribution is 2.46. The van der Waals surface area contributed by atoms with E-state index in [9.17, 15) is 4.79 Å². The first-order chi connectivity index (χ1) is 16.6. The van der Waals surface area contributed by atoms with Gasteiger partial charge < -0.3 is 20.3 Å². The molecule has 2 aliphatic heterocycles. The first-order valence-electron chi connectivity index (χ1n) is 11.9. The Kier molecular flexibility index (Phi) is 6.41. The summed E-state index contributed by atoms with van der Waals surface area (Å²) < 4.78 is 5.59. The molecule has 2 fully saturated rings. The van der Waals surface area contributed by atoms with Gasteiger partial charge in [-0.25, -0.2) is 4.79 Å². The minimum Gasteiger partial charge on any atom is -0.496 e. The van der Waals surface area contributed by atoms with Gasteiger partial charge in [0.1, 0.15) is 5.75 Å². The Balaban J connectivity index is 1.27. The van der Waals surface area contributed by atoms with Crippen LogP contribution in [0.4, 0.5) is 16.2 Å². The second-order valence-electron chi connectivity index (χ2n) is 9.43. The van der Waals surface area contributed by atoms with Gasteiger partial charge in [-0.05, 0) is 36.2 Å². The number of urea groups is 1. The van der Waals surface area contributed by atoms with Crippen molar-refractivity contribution in [3.8, 4) is 5.75 Å². The minimum absolute atomic E-state index is 0.149. The van der Waals surface area contributed by atoms with Gasteiger partial charge in [0, 0.05) is 61.6 Å². The van der Waals surface area contributed by atoms with E-state index in [2.05, 4.69) is 62.9 Å². The maximum Gasteiger partial charge on any atom is 0.319 e. The van der Waals surface area contributed by atoms with Gasteiger partial charge in [-0.2, -0.15) is 0 Å². The van der Waals surface area contributed by atoms with Crippen LogP contribution in [0, 0.1) is 11.3 Å². The third kappa shape index (κ3) is 4.73. The Hall–Kier alpha value is -3.51. The highest BCUT2D eigenvalue weighted by atomic mass is 16.5. The molecule has 3 aromatic carbocycles. The molecule has 0 aliphatic carbocycles. The lowest BCUT2D eigenvalue weighted by Gasteiger charge is -2.52. The topological polar surface area (TPSA) is 56.8 Å². The molecule has 0 saturated carbocycles. The second kappa shape index (κ2) is 9.77. The molecule has 0 radical (unpaired) electrons. The molecule has 5 rings (SSSR count). The van der Waals surface area contributed by atoms with Crippen molar-refractivity contribution in [3.05, 3.63) is 90.5 Å². The largest absolute Gasteiger partial charge is 0.496 e. The average molecular weight is 457 g/mol. The molecule has 1 unspecified atom stereocenters. The van der Waals surface area contributed by atoms with Crippen molar-refractivity contribution in [1.29, 1.82) is 0 Å². The van der Waals surface area contributed by atoms with Crippen molar-refractivity contribution in [1.82, 2.24) is 10.2 Å². The molecule has 0 bridgehead atoms. The zero-order valence-corrected chi connectivity index (χ0v) is 19.6. The number of anilines is 2. The Morgan fingerprint density at radius 3 is 2.35 bits per heavy atom. The molecule has 34 heavy (non-hydrogen) atoms. The lowest BCUT2D eigenvalue weighted by atomic mass is 9.71. The van der Waals surface area contributed by atoms with Crippen LogP contribution in [0.5, 0.6) is 5.75 Å². The molecule has 0 aromatic heterocycles. The van der Waals surface area contributed by atoms with E-state index in [0.29, 0.717) is 12.5 Å². The fraction of sp³-hybridized carbons (Fsp3) is 0.321. The first-order valence-corrected chi connectivity index (χ1v) is 11.9. The van der Waals surface area contributed by atoms with E-state index >= 15 is 0 Å². The lowest BCUT2D eigenvalue weighted by molar-refractivity contribution is 0.154. The van der Waals surface area contributed by atoms with Crippen molar-refractivity contribution in [2.24, 2.45) is 11.3 Å². The smallest absolute Gasteiger partial charge is 0.319 e. The van der Waals surface area contributed by atoms with Crippen molar-refractivity contribution in [2.45, 2.75) is 6.54 Å². The number of rotatable bonds is 7. The molecule has 1 atom stereocenters. The number of carbonyl (C=O) groups is 1. The van der Waals surface area contributed by atoms with E-state index in [4.69, 9.17) is 4.74 Å². The number of hydrogen-bond donors (Lipinski definition) is 2. The number of nitrogens with zero attached hydrogens (tertiary/aromatic N) is 2. The minimum atomic E-state index is -0.149. The quantitative estimate of drug-likeness (QED) is 0.551. The van der Waals surface area contributed by atoms with Gasteiger partial charge in [0.25, 0.3) is 0 Å². The summed E-state index contributed by atoms with van der Waals surface area (Å²) in [5, 5.41) is 6.08. The molecule has 6 nitrogen and oxygen atoms in total. The van der Waals surface area contributed by atoms with E-state index in [1.165, 1.54) is 11.3 Å². The van der Waals surface area contributed by atoms with E-state index in [1.54, 1.807) is 7.11 Å². The van der Waals surface area contributed by atoms with Crippen LogP contribution in [0.25, 0.3) is 0 Å². The molecule has 2 aliphatic rings. The highest BCUT2D eigenvalue weighted by Gasteiger charge is 2.54. The summed E-state index contributed by atoms with van der Waals surface area (Å²) in [6.07, 6.45) is 0. The third-order valence-electron chi connectivity index (χ3n) is 7.14. The number of methoxy groups -OCH3 is 1. The predicted octanol–water partition coefficient (Wildman–Crippen LogP) is 4.46. The molecule has 2 heterocycles. The Morgan fingerprint density at radius 2 is 1.62 bits per heavy atom. The van der Waals surface area contributed by atoms with E-state index < -0.39 is 0 Å². The van der Waals surface area contributed by atoms with Gasteiger partial charge in [-0.1, -0.05) is 54.6 Å². The lowest BCUT2D eigenvalue weighted by Crippen LogP contribution is -2.62. The summed E-state index contributed by atoms with van der Waals surface area (Å²) in [5.41, 5.74) is 3.44. The number of carbonyl (C=O) groups excluding carboxylic acids is 1. The number of para-hydroxylation sites is 3. The fourth-order valence-electron chi connectivity index (χ4n) is 5.43. The predicted molar refractivity (Wildman–Crippen MR) is 136 cm³/mol. The molecule has 176 valence electrons. The van der Waals surface area contributed by atoms with Crippen LogP contribution in [0.3, 0.4) is 0 Å². The molecule has 2 saturated heterocycles. The Labute approximate surface area is 201 Å². The maximum atomic E-state index is 12.6. The van der Waals surface area contributed by atoms with Gasteiger partial charge in [-0.15, -0.1) is 0 Å². The summed E-state index contributed by atoms with van der Waals surface area (Å²) in [4.78, 5) is 17.5. The van der Waals surface area contributed by atoms with E-state index in [-0.39, 0.29) is 11.4 Å². The van der Waals surface area contributed by atoms with Crippen molar-refractivity contribution < 1.29 is 9.53 Å². The maximum absolute atomic E-state index is 12.6. The van der Waals surface area contributed by atoms with Crippen LogP contribution in [-0.2, 0) is 6.54 Å². The van der Waals surface area contributed by atoms with Crippen LogP contribution in [0.2, 0.25) is 0 Å². The number of likely N-dealkylation sites (tertiary alicyclic amines) is 1. The van der Waals surface area contributed by atoms with Crippen molar-refractivity contribution in [3.63, 3.8) is 0 Å². The highest BCUT2D eigenvalue weighted by molar-refractivity contribution is 5.89. The summed E-state index contributed by atoms with van der Waals surface area (Å²) in [6, 6.07) is 28.3. The van der Waals surface area contributed by atoms with Gasteiger partial charge >= 0.3 is 6.03 Å². The van der Waals surface area contributed by atoms with Crippen LogP contribution < -0.4 is 20.3 Å². The van der Waals surface area contributed by atoms with Crippen molar-refractivity contribution >= 4 is 17.4 Å². The standard InChI is InChI=1S/C28H32N4O2/c1-34-26-15-9-8-10-22(26)17-31-18-23(16-29-27(33)30-24-11-4-2-5-12-24)28(19-31)20-32(21-28)25-13-6-3-7-14-25/h2-15,23H,16-21H2,1H3,(H2,29,30,33). The summed E-state index contributed by atoms with van der Waals surface area (Å²) in [7, 11) is 1.73. The second-order valence-corrected chi connectivity index (χ2v) is 9.43. The average Bonchev–Trinajstić information content (AvgIpc) is 3.22. The van der Waals surface area contributed by atoms with Crippen LogP contribution in [0.15, 0.2) is 84.9 Å². The van der Waals surface area contributed by atoms with Crippen LogP contribution >= 0.6 is 0 Å². The number of hydrogen-bond acceptors (Lipinski definition) is 4. The Bertz CT molecular complexity index is 1100. The summed E-state index contributed by atoms with van der Waals surface area (Å²) in [5.74, 6) is 1.31. The summed E-state index contributed by atoms with van der Waals surface area (Å²) in [6.45, 7) is 5.49. The molecule has 2 amide bonds. The van der Waals surface area contributed by atoms with Gasteiger partial charge in [0.2, 0.25) is 0 Å². The number of benzene rings is 3. The molecule has 2 N–H and O–H groups in total. The molecule has 1 spiro atoms. The van der Waals surface area contributed by atoms with Crippen LogP contribution in [-0.4, -0.2) is 50.8 Å². The van der Waals surface area contributed by atoms with Crippen molar-refractivity contribution in [2.75, 3.05) is 50.1 Å². The monoisotopic (exact) mass is 456 g/mol. The fourth-order valence-corrected chi connectivity index (χ4v) is 5.43. The molecular weight excluding hydrogens is 424 g/mol. The SMILES string of the molecule is COc1ccccc1CN1CC(CNC(=O)Nc2ccccc2)C2(C1)CN(c1ccccc1)C2. The molecule has 3 aromatic rings. The first kappa shape index (κ1) is 22.3. The third-order valence-corrected chi connectivity index (χ3v) is 7.14. The zero-order chi connectivity index (χ0) is 23.4. The molecular formula is C28H32N4O2. The zero-order valence-electron chi connectivity index (χ0n) is 19.6.